The Morgan fingerprint density at radius 2 is 2.33 bits per heavy atom. The van der Waals surface area contributed by atoms with Crippen LogP contribution in [0.5, 0.6) is 0 Å². The Morgan fingerprint density at radius 3 is 3.22 bits per heavy atom. The normalized spacial score (nSPS) is 28.1. The second kappa shape index (κ2) is 5.41. The molecule has 0 radical (unpaired) electrons. The second-order valence-electron chi connectivity index (χ2n) is 5.35. The van der Waals surface area contributed by atoms with Gasteiger partial charge in [0.15, 0.2) is 0 Å². The van der Waals surface area contributed by atoms with Crippen LogP contribution in [0, 0.1) is 0 Å². The fraction of sp³-hybridized carbons (Fsp3) is 0.786. The number of hydrogen-bond donors (Lipinski definition) is 1. The molecule has 0 spiro atoms. The predicted molar refractivity (Wildman–Crippen MR) is 70.8 cm³/mol. The van der Waals surface area contributed by atoms with Crippen LogP contribution in [-0.4, -0.2) is 35.4 Å². The molecule has 4 nitrogen and oxygen atoms in total. The van der Waals surface area contributed by atoms with Gasteiger partial charge in [-0.1, -0.05) is 6.92 Å². The molecule has 4 heteroatoms. The maximum atomic E-state index is 5.68. The van der Waals surface area contributed by atoms with Crippen molar-refractivity contribution in [3.05, 3.63) is 17.7 Å². The molecule has 2 atom stereocenters. The van der Waals surface area contributed by atoms with Crippen molar-refractivity contribution in [2.45, 2.75) is 51.1 Å². The average molecular weight is 249 g/mol. The van der Waals surface area contributed by atoms with E-state index < -0.39 is 0 Å². The van der Waals surface area contributed by atoms with Crippen LogP contribution in [0.1, 0.15) is 43.6 Å². The zero-order valence-electron chi connectivity index (χ0n) is 11.2. The number of nitrogens with zero attached hydrogens (tertiary/aromatic N) is 2. The summed E-state index contributed by atoms with van der Waals surface area (Å²) in [5.74, 6) is 0. The summed E-state index contributed by atoms with van der Waals surface area (Å²) in [6.45, 7) is 4.90. The van der Waals surface area contributed by atoms with Crippen molar-refractivity contribution in [3.8, 4) is 0 Å². The molecule has 1 aliphatic carbocycles. The molecule has 0 aromatic carbocycles. The van der Waals surface area contributed by atoms with E-state index in [1.807, 2.05) is 6.33 Å². The highest BCUT2D eigenvalue weighted by atomic mass is 16.5. The van der Waals surface area contributed by atoms with Gasteiger partial charge < -0.3 is 14.6 Å². The van der Waals surface area contributed by atoms with E-state index in [0.717, 1.165) is 32.6 Å². The van der Waals surface area contributed by atoms with Gasteiger partial charge in [-0.05, 0) is 38.6 Å². The van der Waals surface area contributed by atoms with Crippen molar-refractivity contribution >= 4 is 0 Å². The molecule has 1 fully saturated rings. The molecule has 2 heterocycles. The summed E-state index contributed by atoms with van der Waals surface area (Å²) in [7, 11) is 0. The van der Waals surface area contributed by atoms with E-state index in [2.05, 4.69) is 21.8 Å². The summed E-state index contributed by atoms with van der Waals surface area (Å²) >= 11 is 0. The van der Waals surface area contributed by atoms with Crippen molar-refractivity contribution in [2.24, 2.45) is 0 Å². The van der Waals surface area contributed by atoms with Crippen LogP contribution in [0.4, 0.5) is 0 Å². The monoisotopic (exact) mass is 249 g/mol. The lowest BCUT2D eigenvalue weighted by atomic mass is 9.98. The molecule has 1 aromatic rings. The van der Waals surface area contributed by atoms with Crippen molar-refractivity contribution < 1.29 is 4.74 Å². The number of aromatic nitrogens is 2. The van der Waals surface area contributed by atoms with E-state index in [1.165, 1.54) is 30.7 Å². The van der Waals surface area contributed by atoms with E-state index in [9.17, 15) is 0 Å². The van der Waals surface area contributed by atoms with Gasteiger partial charge in [0.05, 0.1) is 24.7 Å². The Hall–Kier alpha value is -0.870. The summed E-state index contributed by atoms with van der Waals surface area (Å²) in [6.07, 6.45) is 8.08. The number of rotatable bonds is 3. The van der Waals surface area contributed by atoms with Crippen molar-refractivity contribution in [2.75, 3.05) is 19.8 Å². The topological polar surface area (TPSA) is 39.1 Å². The Kier molecular flexibility index (Phi) is 3.66. The minimum Gasteiger partial charge on any atom is -0.379 e. The van der Waals surface area contributed by atoms with Crippen LogP contribution in [-0.2, 0) is 17.6 Å². The molecule has 18 heavy (non-hydrogen) atoms. The molecule has 1 N–H and O–H groups in total. The molecule has 1 aliphatic heterocycles. The summed E-state index contributed by atoms with van der Waals surface area (Å²) in [4.78, 5) is 4.61. The molecule has 0 bridgehead atoms. The van der Waals surface area contributed by atoms with E-state index >= 15 is 0 Å². The largest absolute Gasteiger partial charge is 0.379 e. The molecule has 1 saturated heterocycles. The van der Waals surface area contributed by atoms with Crippen LogP contribution in [0.2, 0.25) is 0 Å². The van der Waals surface area contributed by atoms with Gasteiger partial charge in [0.25, 0.3) is 0 Å². The van der Waals surface area contributed by atoms with Crippen molar-refractivity contribution in [1.82, 2.24) is 14.9 Å². The Labute approximate surface area is 109 Å². The maximum Gasteiger partial charge on any atom is 0.0955 e. The van der Waals surface area contributed by atoms with Crippen LogP contribution < -0.4 is 5.32 Å². The fourth-order valence-electron chi connectivity index (χ4n) is 3.28. The quantitative estimate of drug-likeness (QED) is 0.886. The van der Waals surface area contributed by atoms with Crippen LogP contribution in [0.25, 0.3) is 0 Å². The summed E-state index contributed by atoms with van der Waals surface area (Å²) in [5, 5.41) is 3.60. The van der Waals surface area contributed by atoms with Gasteiger partial charge in [0.1, 0.15) is 0 Å². The number of fused-ring (bicyclic) bond motifs is 1. The molecular weight excluding hydrogens is 226 g/mol. The van der Waals surface area contributed by atoms with Gasteiger partial charge in [-0.25, -0.2) is 4.98 Å². The lowest BCUT2D eigenvalue weighted by Gasteiger charge is -2.34. The molecule has 0 amide bonds. The Morgan fingerprint density at radius 1 is 1.44 bits per heavy atom. The van der Waals surface area contributed by atoms with E-state index in [4.69, 9.17) is 4.74 Å². The van der Waals surface area contributed by atoms with Gasteiger partial charge >= 0.3 is 0 Å². The number of ether oxygens (including phenoxy) is 1. The standard InChI is InChI=1S/C14H23N3O/c1-2-15-12-7-8-18-9-14(12)17-10-16-11-5-3-4-6-13(11)17/h10,12,14-15H,2-9H2,1H3. The lowest BCUT2D eigenvalue weighted by molar-refractivity contribution is 0.0364. The predicted octanol–water partition coefficient (Wildman–Crippen LogP) is 1.70. The first kappa shape index (κ1) is 12.2. The van der Waals surface area contributed by atoms with Crippen molar-refractivity contribution in [3.63, 3.8) is 0 Å². The third kappa shape index (κ3) is 2.19. The second-order valence-corrected chi connectivity index (χ2v) is 5.35. The lowest BCUT2D eigenvalue weighted by Crippen LogP contribution is -2.44. The van der Waals surface area contributed by atoms with E-state index in [1.54, 1.807) is 0 Å². The molecule has 0 saturated carbocycles. The van der Waals surface area contributed by atoms with Gasteiger partial charge in [-0.15, -0.1) is 0 Å². The molecule has 2 unspecified atom stereocenters. The first-order valence-corrected chi connectivity index (χ1v) is 7.26. The Bertz CT molecular complexity index is 400. The number of hydrogen-bond acceptors (Lipinski definition) is 3. The van der Waals surface area contributed by atoms with Crippen LogP contribution in [0.15, 0.2) is 6.33 Å². The van der Waals surface area contributed by atoms with Crippen LogP contribution in [0.3, 0.4) is 0 Å². The number of imidazole rings is 1. The first-order chi connectivity index (χ1) is 8.90. The molecular formula is C14H23N3O. The first-order valence-electron chi connectivity index (χ1n) is 7.26. The van der Waals surface area contributed by atoms with Gasteiger partial charge in [0, 0.05) is 18.3 Å². The molecule has 100 valence electrons. The fourth-order valence-corrected chi connectivity index (χ4v) is 3.28. The zero-order valence-corrected chi connectivity index (χ0v) is 11.2. The third-order valence-corrected chi connectivity index (χ3v) is 4.21. The molecule has 2 aliphatic rings. The van der Waals surface area contributed by atoms with E-state index in [0.29, 0.717) is 12.1 Å². The summed E-state index contributed by atoms with van der Waals surface area (Å²) < 4.78 is 8.07. The van der Waals surface area contributed by atoms with Gasteiger partial charge in [0.2, 0.25) is 0 Å². The number of likely N-dealkylation sites (N-methyl/N-ethyl adjacent to an activating group) is 1. The van der Waals surface area contributed by atoms with Crippen molar-refractivity contribution in [1.29, 1.82) is 0 Å². The Balaban J connectivity index is 1.85. The summed E-state index contributed by atoms with van der Waals surface area (Å²) in [5.41, 5.74) is 2.78. The van der Waals surface area contributed by atoms with Gasteiger partial charge in [-0.3, -0.25) is 0 Å². The van der Waals surface area contributed by atoms with Gasteiger partial charge in [-0.2, -0.15) is 0 Å². The highest BCUT2D eigenvalue weighted by Gasteiger charge is 2.29. The highest BCUT2D eigenvalue weighted by Crippen LogP contribution is 2.27. The maximum absolute atomic E-state index is 5.68. The minimum atomic E-state index is 0.424. The van der Waals surface area contributed by atoms with E-state index in [-0.39, 0.29) is 0 Å². The highest BCUT2D eigenvalue weighted by molar-refractivity contribution is 5.18. The minimum absolute atomic E-state index is 0.424. The SMILES string of the molecule is CCNC1CCOCC1n1cnc2c1CCCC2. The molecule has 3 rings (SSSR count). The molecule has 1 aromatic heterocycles. The third-order valence-electron chi connectivity index (χ3n) is 4.21. The van der Waals surface area contributed by atoms with Crippen LogP contribution >= 0.6 is 0 Å². The zero-order chi connectivity index (χ0) is 12.4. The number of aryl methyl sites for hydroxylation is 1. The summed E-state index contributed by atoms with van der Waals surface area (Å²) in [6, 6.07) is 0.956. The average Bonchev–Trinajstić information content (AvgIpc) is 2.84. The number of nitrogens with one attached hydrogen (secondary N) is 1. The smallest absolute Gasteiger partial charge is 0.0955 e.